The van der Waals surface area contributed by atoms with Crippen molar-refractivity contribution in [2.45, 2.75) is 32.2 Å². The van der Waals surface area contributed by atoms with Gasteiger partial charge in [0.25, 0.3) is 11.8 Å². The van der Waals surface area contributed by atoms with Gasteiger partial charge < -0.3 is 21.1 Å². The summed E-state index contributed by atoms with van der Waals surface area (Å²) >= 11 is 0. The molecule has 0 radical (unpaired) electrons. The smallest absolute Gasteiger partial charge is 0.255 e. The second kappa shape index (κ2) is 9.88. The molecule has 3 aromatic carbocycles. The summed E-state index contributed by atoms with van der Waals surface area (Å²) in [6.45, 7) is 3.68. The van der Waals surface area contributed by atoms with E-state index >= 15 is 0 Å². The Morgan fingerprint density at radius 1 is 1.00 bits per heavy atom. The Morgan fingerprint density at radius 2 is 1.76 bits per heavy atom. The lowest BCUT2D eigenvalue weighted by molar-refractivity contribution is 0.0712. The number of likely N-dealkylation sites (tertiary alicyclic amines) is 1. The molecular weight excluding hydrogens is 414 g/mol. The van der Waals surface area contributed by atoms with E-state index in [0.29, 0.717) is 47.9 Å². The number of aryl methyl sites for hydroxylation is 1. The van der Waals surface area contributed by atoms with E-state index in [2.05, 4.69) is 17.4 Å². The summed E-state index contributed by atoms with van der Waals surface area (Å²) in [5.74, 6) is 0.130. The zero-order chi connectivity index (χ0) is 23.4. The van der Waals surface area contributed by atoms with Crippen molar-refractivity contribution in [3.63, 3.8) is 0 Å². The topological polar surface area (TPSA) is 95.7 Å². The van der Waals surface area contributed by atoms with Gasteiger partial charge in [-0.2, -0.15) is 0 Å². The number of carbonyl (C=O) groups is 2. The van der Waals surface area contributed by atoms with Crippen LogP contribution in [-0.4, -0.2) is 34.9 Å². The van der Waals surface area contributed by atoms with Crippen LogP contribution < -0.4 is 11.1 Å². The van der Waals surface area contributed by atoms with E-state index < -0.39 is 0 Å². The van der Waals surface area contributed by atoms with Crippen LogP contribution in [0.2, 0.25) is 0 Å². The van der Waals surface area contributed by atoms with Crippen molar-refractivity contribution in [1.29, 1.82) is 0 Å². The number of nitrogens with zero attached hydrogens (tertiary/aromatic N) is 1. The molecule has 0 atom stereocenters. The third-order valence-electron chi connectivity index (χ3n) is 6.28. The summed E-state index contributed by atoms with van der Waals surface area (Å²) < 4.78 is 0. The molecule has 0 aliphatic carbocycles. The molecule has 6 nitrogen and oxygen atoms in total. The number of nitrogens with one attached hydrogen (secondary N) is 1. The predicted molar refractivity (Wildman–Crippen MR) is 129 cm³/mol. The molecule has 2 amide bonds. The maximum Gasteiger partial charge on any atom is 0.255 e. The van der Waals surface area contributed by atoms with Crippen LogP contribution in [0.5, 0.6) is 5.75 Å². The highest BCUT2D eigenvalue weighted by molar-refractivity contribution is 6.05. The number of phenolic OH excluding ortho intramolecular Hbond substituents is 1. The zero-order valence-electron chi connectivity index (χ0n) is 18.8. The number of amides is 2. The largest absolute Gasteiger partial charge is 0.508 e. The predicted octanol–water partition coefficient (Wildman–Crippen LogP) is 4.43. The van der Waals surface area contributed by atoms with Crippen molar-refractivity contribution in [3.05, 3.63) is 94.5 Å². The van der Waals surface area contributed by atoms with Gasteiger partial charge >= 0.3 is 0 Å². The molecule has 1 aliphatic rings. The first-order chi connectivity index (χ1) is 15.9. The number of phenols is 1. The van der Waals surface area contributed by atoms with E-state index in [9.17, 15) is 14.7 Å². The van der Waals surface area contributed by atoms with Crippen molar-refractivity contribution < 1.29 is 14.7 Å². The van der Waals surface area contributed by atoms with E-state index in [-0.39, 0.29) is 17.6 Å². The fraction of sp³-hybridized carbons (Fsp3) is 0.259. The average Bonchev–Trinajstić information content (AvgIpc) is 2.85. The summed E-state index contributed by atoms with van der Waals surface area (Å²) in [7, 11) is 0. The minimum Gasteiger partial charge on any atom is -0.508 e. The van der Waals surface area contributed by atoms with Crippen LogP contribution in [0.3, 0.4) is 0 Å². The Bertz CT molecular complexity index is 1170. The number of hydrogen-bond acceptors (Lipinski definition) is 4. The normalized spacial score (nSPS) is 14.2. The van der Waals surface area contributed by atoms with Gasteiger partial charge in [-0.25, -0.2) is 0 Å². The lowest BCUT2D eigenvalue weighted by atomic mass is 9.88. The van der Waals surface area contributed by atoms with Gasteiger partial charge in [0.15, 0.2) is 0 Å². The summed E-state index contributed by atoms with van der Waals surface area (Å²) in [6, 6.07) is 20.2. The number of rotatable bonds is 5. The maximum absolute atomic E-state index is 13.1. The van der Waals surface area contributed by atoms with Gasteiger partial charge in [-0.3, -0.25) is 9.59 Å². The van der Waals surface area contributed by atoms with Gasteiger partial charge in [0, 0.05) is 36.4 Å². The number of carbonyl (C=O) groups excluding carboxylic acids is 2. The van der Waals surface area contributed by atoms with Crippen LogP contribution in [0.25, 0.3) is 0 Å². The molecule has 170 valence electrons. The van der Waals surface area contributed by atoms with Gasteiger partial charge in [-0.1, -0.05) is 36.4 Å². The molecule has 1 saturated heterocycles. The molecule has 1 heterocycles. The molecule has 0 spiro atoms. The quantitative estimate of drug-likeness (QED) is 0.544. The second-order valence-corrected chi connectivity index (χ2v) is 8.55. The monoisotopic (exact) mass is 443 g/mol. The van der Waals surface area contributed by atoms with Crippen LogP contribution in [-0.2, 0) is 6.54 Å². The lowest BCUT2D eigenvalue weighted by Gasteiger charge is -2.32. The molecule has 0 unspecified atom stereocenters. The van der Waals surface area contributed by atoms with E-state index in [1.807, 2.05) is 17.0 Å². The Morgan fingerprint density at radius 3 is 2.48 bits per heavy atom. The number of anilines is 1. The molecular formula is C27H29N3O3. The van der Waals surface area contributed by atoms with Crippen LogP contribution in [0.4, 0.5) is 5.69 Å². The second-order valence-electron chi connectivity index (χ2n) is 8.55. The average molecular weight is 444 g/mol. The molecule has 33 heavy (non-hydrogen) atoms. The van der Waals surface area contributed by atoms with Crippen LogP contribution in [0, 0.1) is 6.92 Å². The van der Waals surface area contributed by atoms with Gasteiger partial charge in [0.05, 0.1) is 0 Å². The lowest BCUT2D eigenvalue weighted by Crippen LogP contribution is -2.38. The van der Waals surface area contributed by atoms with Crippen molar-refractivity contribution in [1.82, 2.24) is 4.90 Å². The number of nitrogens with two attached hydrogens (primary N) is 1. The maximum atomic E-state index is 13.1. The molecule has 1 aliphatic heterocycles. The van der Waals surface area contributed by atoms with Crippen molar-refractivity contribution in [3.8, 4) is 5.75 Å². The Labute approximate surface area is 194 Å². The van der Waals surface area contributed by atoms with Crippen molar-refractivity contribution >= 4 is 17.5 Å². The molecule has 6 heteroatoms. The summed E-state index contributed by atoms with van der Waals surface area (Å²) in [5.41, 5.74) is 10.3. The van der Waals surface area contributed by atoms with E-state index in [0.717, 1.165) is 18.4 Å². The third-order valence-corrected chi connectivity index (χ3v) is 6.28. The first-order valence-electron chi connectivity index (χ1n) is 11.2. The summed E-state index contributed by atoms with van der Waals surface area (Å²) in [5, 5.41) is 12.7. The van der Waals surface area contributed by atoms with Crippen LogP contribution in [0.1, 0.15) is 56.2 Å². The summed E-state index contributed by atoms with van der Waals surface area (Å²) in [6.07, 6.45) is 1.82. The molecule has 3 aromatic rings. The Balaban J connectivity index is 1.39. The molecule has 0 bridgehead atoms. The first-order valence-corrected chi connectivity index (χ1v) is 11.2. The molecule has 4 N–H and O–H groups in total. The van der Waals surface area contributed by atoms with Crippen molar-refractivity contribution in [2.24, 2.45) is 5.73 Å². The van der Waals surface area contributed by atoms with E-state index in [1.54, 1.807) is 43.3 Å². The molecule has 4 rings (SSSR count). The minimum atomic E-state index is -0.338. The summed E-state index contributed by atoms with van der Waals surface area (Å²) in [4.78, 5) is 27.5. The standard InChI is InChI=1S/C27H29N3O3/c1-18-8-9-22(16-25(18)31)26(32)29-24-7-3-6-23(15-24)27(33)30-12-10-20(11-13-30)21-5-2-4-19(14-21)17-28/h2-9,14-16,20,31H,10-13,17,28H2,1H3,(H,29,32). The van der Waals surface area contributed by atoms with Gasteiger partial charge in [-0.15, -0.1) is 0 Å². The highest BCUT2D eigenvalue weighted by Crippen LogP contribution is 2.29. The van der Waals surface area contributed by atoms with E-state index in [4.69, 9.17) is 5.73 Å². The molecule has 0 saturated carbocycles. The highest BCUT2D eigenvalue weighted by Gasteiger charge is 2.25. The molecule has 0 aromatic heterocycles. The fourth-order valence-electron chi connectivity index (χ4n) is 4.26. The first kappa shape index (κ1) is 22.6. The minimum absolute atomic E-state index is 0.0340. The number of aromatic hydroxyl groups is 1. The van der Waals surface area contributed by atoms with Crippen molar-refractivity contribution in [2.75, 3.05) is 18.4 Å². The van der Waals surface area contributed by atoms with Gasteiger partial charge in [0.1, 0.15) is 5.75 Å². The van der Waals surface area contributed by atoms with Crippen LogP contribution >= 0.6 is 0 Å². The van der Waals surface area contributed by atoms with Crippen LogP contribution in [0.15, 0.2) is 66.7 Å². The van der Waals surface area contributed by atoms with Gasteiger partial charge in [0.2, 0.25) is 0 Å². The SMILES string of the molecule is Cc1ccc(C(=O)Nc2cccc(C(=O)N3CCC(c4cccc(CN)c4)CC3)c2)cc1O. The Hall–Kier alpha value is -3.64. The van der Waals surface area contributed by atoms with E-state index in [1.165, 1.54) is 11.6 Å². The number of piperidine rings is 1. The van der Waals surface area contributed by atoms with Gasteiger partial charge in [-0.05, 0) is 72.7 Å². The number of benzene rings is 3. The number of hydrogen-bond donors (Lipinski definition) is 3. The fourth-order valence-corrected chi connectivity index (χ4v) is 4.26. The molecule has 1 fully saturated rings. The zero-order valence-corrected chi connectivity index (χ0v) is 18.8. The third kappa shape index (κ3) is 5.23. The highest BCUT2D eigenvalue weighted by atomic mass is 16.3. The Kier molecular flexibility index (Phi) is 6.75.